The molecule has 3 atom stereocenters. The fourth-order valence-electron chi connectivity index (χ4n) is 3.55. The maximum Gasteiger partial charge on any atom is 0.334 e. The monoisotopic (exact) mass is 405 g/mol. The summed E-state index contributed by atoms with van der Waals surface area (Å²) in [5, 5.41) is 11.5. The van der Waals surface area contributed by atoms with Gasteiger partial charge in [0.25, 0.3) is 0 Å². The first kappa shape index (κ1) is 21.3. The van der Waals surface area contributed by atoms with E-state index in [9.17, 15) is 28.8 Å². The third-order valence-electron chi connectivity index (χ3n) is 4.74. The molecular weight excluding hydrogens is 381 g/mol. The summed E-state index contributed by atoms with van der Waals surface area (Å²) in [7, 11) is -4.55. The van der Waals surface area contributed by atoms with Crippen LogP contribution in [0.25, 0.3) is 0 Å². The third-order valence-corrected chi connectivity index (χ3v) is 5.44. The smallest absolute Gasteiger partial charge is 0.334 e. The minimum atomic E-state index is -4.55. The van der Waals surface area contributed by atoms with Crippen LogP contribution in [0.5, 0.6) is 0 Å². The Morgan fingerprint density at radius 1 is 1.07 bits per heavy atom. The van der Waals surface area contributed by atoms with Gasteiger partial charge in [-0.25, -0.2) is 4.79 Å². The number of amides is 3. The SMILES string of the molecule is C[C@H](NC(=O)CP(=O)(O)O)C(=O)N1CCC[C@H]1C(=O)N1CCC[C@H]1C(=O)O. The van der Waals surface area contributed by atoms with E-state index in [1.165, 1.54) is 16.7 Å². The number of carbonyl (C=O) groups is 4. The van der Waals surface area contributed by atoms with Gasteiger partial charge < -0.3 is 30.0 Å². The molecule has 0 aliphatic carbocycles. The molecule has 152 valence electrons. The first-order valence-electron chi connectivity index (χ1n) is 8.69. The third kappa shape index (κ3) is 5.27. The summed E-state index contributed by atoms with van der Waals surface area (Å²) in [5.41, 5.74) is 0. The van der Waals surface area contributed by atoms with Crippen molar-refractivity contribution in [3.05, 3.63) is 0 Å². The van der Waals surface area contributed by atoms with Crippen molar-refractivity contribution in [2.24, 2.45) is 0 Å². The molecule has 2 aliphatic rings. The van der Waals surface area contributed by atoms with E-state index in [4.69, 9.17) is 9.79 Å². The normalized spacial score (nSPS) is 24.0. The predicted molar refractivity (Wildman–Crippen MR) is 91.6 cm³/mol. The summed E-state index contributed by atoms with van der Waals surface area (Å²) < 4.78 is 10.9. The van der Waals surface area contributed by atoms with Crippen molar-refractivity contribution in [2.45, 2.75) is 50.7 Å². The van der Waals surface area contributed by atoms with Crippen molar-refractivity contribution in [3.63, 3.8) is 0 Å². The van der Waals surface area contributed by atoms with Gasteiger partial charge in [0.2, 0.25) is 17.7 Å². The number of hydrogen-bond acceptors (Lipinski definition) is 5. The Labute approximate surface area is 155 Å². The molecule has 27 heavy (non-hydrogen) atoms. The number of likely N-dealkylation sites (tertiary alicyclic amines) is 2. The van der Waals surface area contributed by atoms with Gasteiger partial charge in [-0.1, -0.05) is 0 Å². The Bertz CT molecular complexity index is 678. The zero-order valence-corrected chi connectivity index (χ0v) is 15.8. The summed E-state index contributed by atoms with van der Waals surface area (Å²) in [5.74, 6) is -3.00. The van der Waals surface area contributed by atoms with Gasteiger partial charge in [0, 0.05) is 13.1 Å². The van der Waals surface area contributed by atoms with E-state index in [1.807, 2.05) is 0 Å². The lowest BCUT2D eigenvalue weighted by Gasteiger charge is -2.31. The van der Waals surface area contributed by atoms with E-state index in [0.717, 1.165) is 0 Å². The average Bonchev–Trinajstić information content (AvgIpc) is 3.20. The quantitative estimate of drug-likeness (QED) is 0.398. The summed E-state index contributed by atoms with van der Waals surface area (Å²) in [6.45, 7) is 1.98. The molecule has 3 amide bonds. The molecule has 0 saturated carbocycles. The molecule has 0 radical (unpaired) electrons. The number of nitrogens with zero attached hydrogens (tertiary/aromatic N) is 2. The summed E-state index contributed by atoms with van der Waals surface area (Å²) in [6, 6.07) is -2.75. The van der Waals surface area contributed by atoms with Crippen LogP contribution < -0.4 is 5.32 Å². The molecule has 0 aromatic heterocycles. The van der Waals surface area contributed by atoms with Crippen molar-refractivity contribution in [2.75, 3.05) is 19.3 Å². The average molecular weight is 405 g/mol. The molecule has 2 rings (SSSR count). The number of carboxylic acid groups (broad SMARTS) is 1. The van der Waals surface area contributed by atoms with Crippen LogP contribution in [-0.2, 0) is 23.7 Å². The minimum Gasteiger partial charge on any atom is -0.480 e. The Balaban J connectivity index is 2.03. The Morgan fingerprint density at radius 2 is 1.63 bits per heavy atom. The molecule has 0 bridgehead atoms. The molecule has 0 spiro atoms. The molecule has 2 heterocycles. The maximum absolute atomic E-state index is 12.8. The minimum absolute atomic E-state index is 0.291. The fourth-order valence-corrected chi connectivity index (χ4v) is 4.02. The molecule has 0 aromatic carbocycles. The van der Waals surface area contributed by atoms with Crippen molar-refractivity contribution >= 4 is 31.3 Å². The fraction of sp³-hybridized carbons (Fsp3) is 0.733. The highest BCUT2D eigenvalue weighted by atomic mass is 31.2. The summed E-state index contributed by atoms with van der Waals surface area (Å²) in [4.78, 5) is 68.6. The molecule has 2 saturated heterocycles. The van der Waals surface area contributed by atoms with Gasteiger partial charge in [0.1, 0.15) is 24.3 Å². The van der Waals surface area contributed by atoms with Crippen molar-refractivity contribution in [1.29, 1.82) is 0 Å². The predicted octanol–water partition coefficient (Wildman–Crippen LogP) is -1.26. The topological polar surface area (TPSA) is 165 Å². The van der Waals surface area contributed by atoms with Crippen LogP contribution in [-0.4, -0.2) is 85.8 Å². The zero-order chi connectivity index (χ0) is 20.4. The maximum atomic E-state index is 12.8. The van der Waals surface area contributed by atoms with E-state index in [1.54, 1.807) is 0 Å². The van der Waals surface area contributed by atoms with Gasteiger partial charge >= 0.3 is 13.6 Å². The Hall–Kier alpha value is -1.97. The highest BCUT2D eigenvalue weighted by Gasteiger charge is 2.43. The van der Waals surface area contributed by atoms with Crippen LogP contribution >= 0.6 is 7.60 Å². The van der Waals surface area contributed by atoms with Gasteiger partial charge in [-0.05, 0) is 32.6 Å². The van der Waals surface area contributed by atoms with Crippen LogP contribution in [0.15, 0.2) is 0 Å². The highest BCUT2D eigenvalue weighted by molar-refractivity contribution is 7.52. The van der Waals surface area contributed by atoms with Gasteiger partial charge in [0.05, 0.1) is 0 Å². The lowest BCUT2D eigenvalue weighted by Crippen LogP contribution is -2.54. The first-order chi connectivity index (χ1) is 12.5. The van der Waals surface area contributed by atoms with E-state index in [2.05, 4.69) is 5.32 Å². The zero-order valence-electron chi connectivity index (χ0n) is 14.9. The second-order valence-electron chi connectivity index (χ2n) is 6.83. The number of rotatable bonds is 6. The van der Waals surface area contributed by atoms with Crippen LogP contribution in [0, 0.1) is 0 Å². The van der Waals surface area contributed by atoms with Crippen molar-refractivity contribution < 1.29 is 38.6 Å². The Kier molecular flexibility index (Phi) is 6.61. The second-order valence-corrected chi connectivity index (χ2v) is 8.48. The first-order valence-corrected chi connectivity index (χ1v) is 10.5. The van der Waals surface area contributed by atoms with E-state index in [-0.39, 0.29) is 0 Å². The van der Waals surface area contributed by atoms with Gasteiger partial charge in [-0.15, -0.1) is 0 Å². The van der Waals surface area contributed by atoms with Crippen LogP contribution in [0.1, 0.15) is 32.6 Å². The second kappa shape index (κ2) is 8.37. The highest BCUT2D eigenvalue weighted by Crippen LogP contribution is 2.33. The number of carboxylic acids is 1. The van der Waals surface area contributed by atoms with Gasteiger partial charge in [-0.3, -0.25) is 18.9 Å². The van der Waals surface area contributed by atoms with E-state index >= 15 is 0 Å². The summed E-state index contributed by atoms with van der Waals surface area (Å²) >= 11 is 0. The van der Waals surface area contributed by atoms with Gasteiger partial charge in [-0.2, -0.15) is 0 Å². The Morgan fingerprint density at radius 3 is 2.19 bits per heavy atom. The van der Waals surface area contributed by atoms with Gasteiger partial charge in [0.15, 0.2) is 0 Å². The molecule has 2 aliphatic heterocycles. The number of carbonyl (C=O) groups excluding carboxylic acids is 3. The van der Waals surface area contributed by atoms with Crippen LogP contribution in [0.4, 0.5) is 0 Å². The standard InChI is InChI=1S/C15H24N3O8P/c1-9(16-12(19)8-27(24,25)26)13(20)17-6-2-4-10(17)14(21)18-7-3-5-11(18)15(22)23/h9-11H,2-8H2,1H3,(H,16,19)(H,22,23)(H2,24,25,26)/t9-,10-,11-/m0/s1. The largest absolute Gasteiger partial charge is 0.480 e. The molecule has 0 unspecified atom stereocenters. The molecule has 0 aromatic rings. The molecule has 12 heteroatoms. The lowest BCUT2D eigenvalue weighted by atomic mass is 10.1. The van der Waals surface area contributed by atoms with Crippen LogP contribution in [0.2, 0.25) is 0 Å². The number of nitrogens with one attached hydrogen (secondary N) is 1. The van der Waals surface area contributed by atoms with E-state index < -0.39 is 55.6 Å². The molecule has 4 N–H and O–H groups in total. The van der Waals surface area contributed by atoms with Crippen molar-refractivity contribution in [3.8, 4) is 0 Å². The summed E-state index contributed by atoms with van der Waals surface area (Å²) in [6.07, 6.45) is 0.892. The molecule has 11 nitrogen and oxygen atoms in total. The molecule has 2 fully saturated rings. The number of aliphatic carboxylic acids is 1. The van der Waals surface area contributed by atoms with E-state index in [0.29, 0.717) is 38.8 Å². The molecular formula is C15H24N3O8P. The van der Waals surface area contributed by atoms with Crippen molar-refractivity contribution in [1.82, 2.24) is 15.1 Å². The van der Waals surface area contributed by atoms with Crippen LogP contribution in [0.3, 0.4) is 0 Å². The lowest BCUT2D eigenvalue weighted by molar-refractivity contribution is -0.152. The number of hydrogen-bond donors (Lipinski definition) is 4.